The van der Waals surface area contributed by atoms with Crippen LogP contribution in [0.1, 0.15) is 18.2 Å². The summed E-state index contributed by atoms with van der Waals surface area (Å²) >= 11 is 0. The van der Waals surface area contributed by atoms with Crippen molar-refractivity contribution in [1.82, 2.24) is 9.88 Å². The number of nitrogens with zero attached hydrogens (tertiary/aromatic N) is 3. The lowest BCUT2D eigenvalue weighted by molar-refractivity contribution is -0.135. The van der Waals surface area contributed by atoms with E-state index in [9.17, 15) is 4.79 Å². The zero-order valence-electron chi connectivity index (χ0n) is 11.7. The highest BCUT2D eigenvalue weighted by Crippen LogP contribution is 2.11. The van der Waals surface area contributed by atoms with Gasteiger partial charge in [-0.3, -0.25) is 4.79 Å². The first-order chi connectivity index (χ1) is 9.60. The molecule has 6 heteroatoms. The standard InChI is InChI=1S/C14H18N4O2/c1-10-7-12(9-15)8-13(16-10)17-11(2)14(19)18-3-5-20-6-4-18/h7-8,11H,3-6H2,1-2H3,(H,16,17). The number of carbonyl (C=O) groups is 1. The number of nitrogens with one attached hydrogen (secondary N) is 1. The Morgan fingerprint density at radius 3 is 2.85 bits per heavy atom. The summed E-state index contributed by atoms with van der Waals surface area (Å²) in [4.78, 5) is 18.3. The molecule has 1 aliphatic rings. The predicted octanol–water partition coefficient (Wildman–Crippen LogP) is 0.921. The average molecular weight is 274 g/mol. The van der Waals surface area contributed by atoms with Gasteiger partial charge in [0, 0.05) is 18.8 Å². The molecule has 0 aliphatic carbocycles. The van der Waals surface area contributed by atoms with E-state index in [-0.39, 0.29) is 11.9 Å². The molecule has 2 heterocycles. The molecule has 0 saturated carbocycles. The molecule has 0 bridgehead atoms. The van der Waals surface area contributed by atoms with Gasteiger partial charge in [-0.05, 0) is 26.0 Å². The van der Waals surface area contributed by atoms with Gasteiger partial charge in [-0.1, -0.05) is 0 Å². The zero-order valence-corrected chi connectivity index (χ0v) is 11.7. The van der Waals surface area contributed by atoms with Crippen molar-refractivity contribution in [3.63, 3.8) is 0 Å². The molecular formula is C14H18N4O2. The molecule has 20 heavy (non-hydrogen) atoms. The molecule has 1 N–H and O–H groups in total. The van der Waals surface area contributed by atoms with Crippen LogP contribution < -0.4 is 5.32 Å². The van der Waals surface area contributed by atoms with Crippen molar-refractivity contribution in [2.45, 2.75) is 19.9 Å². The highest BCUT2D eigenvalue weighted by molar-refractivity contribution is 5.84. The molecule has 1 fully saturated rings. The minimum Gasteiger partial charge on any atom is -0.378 e. The van der Waals surface area contributed by atoms with Crippen molar-refractivity contribution in [1.29, 1.82) is 5.26 Å². The third kappa shape index (κ3) is 3.45. The minimum atomic E-state index is -0.381. The number of ether oxygens (including phenoxy) is 1. The number of morpholine rings is 1. The van der Waals surface area contributed by atoms with E-state index in [1.165, 1.54) is 0 Å². The van der Waals surface area contributed by atoms with Crippen LogP contribution in [0.15, 0.2) is 12.1 Å². The minimum absolute atomic E-state index is 0.0233. The van der Waals surface area contributed by atoms with Crippen LogP contribution in [0.2, 0.25) is 0 Å². The van der Waals surface area contributed by atoms with Gasteiger partial charge in [0.25, 0.3) is 0 Å². The Balaban J connectivity index is 2.03. The van der Waals surface area contributed by atoms with E-state index in [2.05, 4.69) is 16.4 Å². The molecule has 1 aliphatic heterocycles. The normalized spacial score (nSPS) is 16.4. The van der Waals surface area contributed by atoms with Crippen molar-refractivity contribution in [2.75, 3.05) is 31.6 Å². The highest BCUT2D eigenvalue weighted by atomic mass is 16.5. The highest BCUT2D eigenvalue weighted by Gasteiger charge is 2.22. The van der Waals surface area contributed by atoms with Crippen LogP contribution >= 0.6 is 0 Å². The first kappa shape index (κ1) is 14.3. The summed E-state index contributed by atoms with van der Waals surface area (Å²) in [6.07, 6.45) is 0. The van der Waals surface area contributed by atoms with Gasteiger partial charge in [-0.15, -0.1) is 0 Å². The van der Waals surface area contributed by atoms with Gasteiger partial charge in [0.2, 0.25) is 5.91 Å². The largest absolute Gasteiger partial charge is 0.378 e. The molecule has 1 saturated heterocycles. The van der Waals surface area contributed by atoms with E-state index in [0.717, 1.165) is 5.69 Å². The average Bonchev–Trinajstić information content (AvgIpc) is 2.46. The number of nitriles is 1. The lowest BCUT2D eigenvalue weighted by Crippen LogP contribution is -2.47. The summed E-state index contributed by atoms with van der Waals surface area (Å²) in [6, 6.07) is 5.06. The van der Waals surface area contributed by atoms with E-state index in [4.69, 9.17) is 10.00 Å². The van der Waals surface area contributed by atoms with Gasteiger partial charge in [-0.25, -0.2) is 4.98 Å². The van der Waals surface area contributed by atoms with Crippen molar-refractivity contribution < 1.29 is 9.53 Å². The summed E-state index contributed by atoms with van der Waals surface area (Å²) < 4.78 is 5.23. The second-order valence-electron chi connectivity index (χ2n) is 4.80. The molecule has 0 aromatic carbocycles. The molecule has 1 amide bonds. The Hall–Kier alpha value is -2.13. The topological polar surface area (TPSA) is 78.2 Å². The second-order valence-corrected chi connectivity index (χ2v) is 4.80. The first-order valence-electron chi connectivity index (χ1n) is 6.62. The number of anilines is 1. The fraction of sp³-hybridized carbons (Fsp3) is 0.500. The summed E-state index contributed by atoms with van der Waals surface area (Å²) in [7, 11) is 0. The quantitative estimate of drug-likeness (QED) is 0.886. The fourth-order valence-corrected chi connectivity index (χ4v) is 2.15. The SMILES string of the molecule is Cc1cc(C#N)cc(NC(C)C(=O)N2CCOCC2)n1. The van der Waals surface area contributed by atoms with E-state index in [1.54, 1.807) is 24.0 Å². The lowest BCUT2D eigenvalue weighted by Gasteiger charge is -2.29. The van der Waals surface area contributed by atoms with E-state index in [1.807, 2.05) is 6.92 Å². The fourth-order valence-electron chi connectivity index (χ4n) is 2.15. The molecule has 1 aromatic heterocycles. The summed E-state index contributed by atoms with van der Waals surface area (Å²) in [5.41, 5.74) is 1.28. The Morgan fingerprint density at radius 2 is 2.20 bits per heavy atom. The van der Waals surface area contributed by atoms with Crippen LogP contribution in [-0.4, -0.2) is 48.1 Å². The smallest absolute Gasteiger partial charge is 0.244 e. The Kier molecular flexibility index (Phi) is 4.53. The number of rotatable bonds is 3. The summed E-state index contributed by atoms with van der Waals surface area (Å²) in [5, 5.41) is 12.0. The second kappa shape index (κ2) is 6.35. The third-order valence-corrected chi connectivity index (χ3v) is 3.14. The van der Waals surface area contributed by atoms with Crippen LogP contribution in [0.4, 0.5) is 5.82 Å². The van der Waals surface area contributed by atoms with E-state index < -0.39 is 0 Å². The van der Waals surface area contributed by atoms with Crippen LogP contribution in [0, 0.1) is 18.3 Å². The zero-order chi connectivity index (χ0) is 14.5. The Labute approximate surface area is 118 Å². The maximum atomic E-state index is 12.3. The van der Waals surface area contributed by atoms with Crippen molar-refractivity contribution in [2.24, 2.45) is 0 Å². The van der Waals surface area contributed by atoms with E-state index in [0.29, 0.717) is 37.7 Å². The number of aryl methyl sites for hydroxylation is 1. The molecular weight excluding hydrogens is 256 g/mol. The number of pyridine rings is 1. The lowest BCUT2D eigenvalue weighted by atomic mass is 10.2. The molecule has 106 valence electrons. The summed E-state index contributed by atoms with van der Waals surface area (Å²) in [6.45, 7) is 6.03. The third-order valence-electron chi connectivity index (χ3n) is 3.14. The first-order valence-corrected chi connectivity index (χ1v) is 6.62. The summed E-state index contributed by atoms with van der Waals surface area (Å²) in [5.74, 6) is 0.575. The monoisotopic (exact) mass is 274 g/mol. The van der Waals surface area contributed by atoms with Crippen LogP contribution in [-0.2, 0) is 9.53 Å². The van der Waals surface area contributed by atoms with Gasteiger partial charge < -0.3 is 15.0 Å². The van der Waals surface area contributed by atoms with Gasteiger partial charge >= 0.3 is 0 Å². The molecule has 1 aromatic rings. The van der Waals surface area contributed by atoms with Gasteiger partial charge in [0.15, 0.2) is 0 Å². The number of hydrogen-bond donors (Lipinski definition) is 1. The van der Waals surface area contributed by atoms with Crippen LogP contribution in [0.25, 0.3) is 0 Å². The van der Waals surface area contributed by atoms with Crippen molar-refractivity contribution in [3.8, 4) is 6.07 Å². The van der Waals surface area contributed by atoms with Crippen LogP contribution in [0.5, 0.6) is 0 Å². The van der Waals surface area contributed by atoms with Crippen molar-refractivity contribution >= 4 is 11.7 Å². The predicted molar refractivity (Wildman–Crippen MR) is 74.2 cm³/mol. The number of hydrogen-bond acceptors (Lipinski definition) is 5. The molecule has 0 radical (unpaired) electrons. The Morgan fingerprint density at radius 1 is 1.50 bits per heavy atom. The number of aromatic nitrogens is 1. The van der Waals surface area contributed by atoms with Gasteiger partial charge in [-0.2, -0.15) is 5.26 Å². The van der Waals surface area contributed by atoms with E-state index >= 15 is 0 Å². The van der Waals surface area contributed by atoms with Gasteiger partial charge in [0.1, 0.15) is 11.9 Å². The molecule has 2 rings (SSSR count). The maximum Gasteiger partial charge on any atom is 0.244 e. The van der Waals surface area contributed by atoms with Crippen molar-refractivity contribution in [3.05, 3.63) is 23.4 Å². The molecule has 6 nitrogen and oxygen atoms in total. The maximum absolute atomic E-state index is 12.3. The molecule has 0 spiro atoms. The molecule has 1 atom stereocenters. The van der Waals surface area contributed by atoms with Gasteiger partial charge in [0.05, 0.1) is 24.8 Å². The Bertz CT molecular complexity index is 532. The number of amides is 1. The molecule has 1 unspecified atom stereocenters. The number of carbonyl (C=O) groups excluding carboxylic acids is 1. The van der Waals surface area contributed by atoms with Crippen LogP contribution in [0.3, 0.4) is 0 Å².